The lowest BCUT2D eigenvalue weighted by atomic mass is 10.1. The fourth-order valence-corrected chi connectivity index (χ4v) is 0.972. The fourth-order valence-electron chi connectivity index (χ4n) is 0.972. The van der Waals surface area contributed by atoms with Crippen molar-refractivity contribution in [2.75, 3.05) is 0 Å². The highest BCUT2D eigenvalue weighted by molar-refractivity contribution is 5.24. The molecular weight excluding hydrogens is 136 g/mol. The van der Waals surface area contributed by atoms with Crippen LogP contribution < -0.4 is 0 Å². The van der Waals surface area contributed by atoms with E-state index >= 15 is 0 Å². The summed E-state index contributed by atoms with van der Waals surface area (Å²) in [5, 5.41) is 8.95. The monoisotopic (exact) mass is 149 g/mol. The Morgan fingerprint density at radius 2 is 2.27 bits per heavy atom. The number of phenols is 1. The number of hydrogen-bond acceptors (Lipinski definition) is 1. The van der Waals surface area contributed by atoms with Crippen LogP contribution >= 0.6 is 0 Å². The van der Waals surface area contributed by atoms with E-state index in [1.54, 1.807) is 12.1 Å². The third-order valence-electron chi connectivity index (χ3n) is 1.66. The van der Waals surface area contributed by atoms with Crippen molar-refractivity contribution < 1.29 is 5.11 Å². The molecule has 0 amide bonds. The molecule has 0 heterocycles. The van der Waals surface area contributed by atoms with Crippen LogP contribution in [-0.2, 0) is 6.42 Å². The number of aromatic hydroxyl groups is 1. The Kier molecular flexibility index (Phi) is 2.96. The second kappa shape index (κ2) is 4.02. The van der Waals surface area contributed by atoms with Gasteiger partial charge in [-0.3, -0.25) is 0 Å². The minimum absolute atomic E-state index is 0.297. The molecule has 0 saturated carbocycles. The summed E-state index contributed by atoms with van der Waals surface area (Å²) in [6.07, 6.45) is 3.47. The van der Waals surface area contributed by atoms with Gasteiger partial charge < -0.3 is 5.11 Å². The van der Waals surface area contributed by atoms with Crippen molar-refractivity contribution in [2.45, 2.75) is 26.2 Å². The van der Waals surface area contributed by atoms with Crippen LogP contribution in [-0.4, -0.2) is 5.11 Å². The summed E-state index contributed by atoms with van der Waals surface area (Å²) in [4.78, 5) is 0. The van der Waals surface area contributed by atoms with Gasteiger partial charge in [0.05, 0.1) is 0 Å². The van der Waals surface area contributed by atoms with Gasteiger partial charge in [0.25, 0.3) is 0 Å². The SMILES string of the molecule is CCCCc1[c]cc(O)cc1. The Hall–Kier alpha value is -0.980. The van der Waals surface area contributed by atoms with Gasteiger partial charge in [-0.15, -0.1) is 0 Å². The van der Waals surface area contributed by atoms with Gasteiger partial charge in [0.15, 0.2) is 0 Å². The lowest BCUT2D eigenvalue weighted by molar-refractivity contribution is 0.475. The molecule has 59 valence electrons. The normalized spacial score (nSPS) is 9.91. The van der Waals surface area contributed by atoms with Gasteiger partial charge >= 0.3 is 0 Å². The molecule has 1 N–H and O–H groups in total. The highest BCUT2D eigenvalue weighted by Crippen LogP contribution is 2.10. The number of rotatable bonds is 3. The average molecular weight is 149 g/mol. The zero-order chi connectivity index (χ0) is 8.10. The highest BCUT2D eigenvalue weighted by atomic mass is 16.3. The molecule has 0 bridgehead atoms. The third-order valence-corrected chi connectivity index (χ3v) is 1.66. The van der Waals surface area contributed by atoms with E-state index in [4.69, 9.17) is 5.11 Å². The van der Waals surface area contributed by atoms with E-state index in [9.17, 15) is 0 Å². The van der Waals surface area contributed by atoms with Crippen LogP contribution in [0.2, 0.25) is 0 Å². The molecule has 1 heteroatoms. The standard InChI is InChI=1S/C10H13O/c1-2-3-4-9-5-7-10(11)8-6-9/h5,7-8,11H,2-4H2,1H3. The zero-order valence-corrected chi connectivity index (χ0v) is 6.80. The van der Waals surface area contributed by atoms with E-state index in [1.165, 1.54) is 18.4 Å². The minimum atomic E-state index is 0.297. The van der Waals surface area contributed by atoms with Crippen molar-refractivity contribution >= 4 is 0 Å². The average Bonchev–Trinajstić information content (AvgIpc) is 2.04. The summed E-state index contributed by atoms with van der Waals surface area (Å²) in [6.45, 7) is 2.17. The van der Waals surface area contributed by atoms with E-state index in [0.717, 1.165) is 6.42 Å². The molecule has 0 aliphatic heterocycles. The highest BCUT2D eigenvalue weighted by Gasteiger charge is 1.91. The predicted molar refractivity (Wildman–Crippen MR) is 45.6 cm³/mol. The number of aryl methyl sites for hydroxylation is 1. The van der Waals surface area contributed by atoms with Crippen LogP contribution in [0, 0.1) is 6.07 Å². The second-order valence-electron chi connectivity index (χ2n) is 2.68. The molecule has 1 aromatic rings. The van der Waals surface area contributed by atoms with E-state index in [0.29, 0.717) is 5.75 Å². The summed E-state index contributed by atoms with van der Waals surface area (Å²) >= 11 is 0. The second-order valence-corrected chi connectivity index (χ2v) is 2.68. The Morgan fingerprint density at radius 3 is 2.82 bits per heavy atom. The molecule has 0 atom stereocenters. The summed E-state index contributed by atoms with van der Waals surface area (Å²) in [5.41, 5.74) is 1.18. The summed E-state index contributed by atoms with van der Waals surface area (Å²) in [7, 11) is 0. The zero-order valence-electron chi connectivity index (χ0n) is 6.80. The number of unbranched alkanes of at least 4 members (excludes halogenated alkanes) is 1. The smallest absolute Gasteiger partial charge is 0.116 e. The van der Waals surface area contributed by atoms with Gasteiger partial charge in [-0.05, 0) is 36.6 Å². The minimum Gasteiger partial charge on any atom is -0.508 e. The van der Waals surface area contributed by atoms with Crippen molar-refractivity contribution in [3.63, 3.8) is 0 Å². The van der Waals surface area contributed by atoms with Crippen LogP contribution in [0.3, 0.4) is 0 Å². The molecular formula is C10H13O. The van der Waals surface area contributed by atoms with Gasteiger partial charge in [0.1, 0.15) is 5.75 Å². The van der Waals surface area contributed by atoms with Crippen LogP contribution in [0.25, 0.3) is 0 Å². The summed E-state index contributed by atoms with van der Waals surface area (Å²) in [5.74, 6) is 0.297. The maximum Gasteiger partial charge on any atom is 0.116 e. The Labute approximate surface area is 67.7 Å². The molecule has 1 rings (SSSR count). The first-order chi connectivity index (χ1) is 5.33. The predicted octanol–water partition coefficient (Wildman–Crippen LogP) is 2.53. The van der Waals surface area contributed by atoms with E-state index in [-0.39, 0.29) is 0 Å². The molecule has 1 nitrogen and oxygen atoms in total. The Balaban J connectivity index is 2.52. The van der Waals surface area contributed by atoms with Crippen molar-refractivity contribution in [2.24, 2.45) is 0 Å². The largest absolute Gasteiger partial charge is 0.508 e. The Morgan fingerprint density at radius 1 is 1.45 bits per heavy atom. The number of phenolic OH excluding ortho intramolecular Hbond substituents is 1. The molecule has 0 spiro atoms. The molecule has 0 fully saturated rings. The van der Waals surface area contributed by atoms with Crippen LogP contribution in [0.5, 0.6) is 5.75 Å². The van der Waals surface area contributed by atoms with Gasteiger partial charge in [-0.1, -0.05) is 19.4 Å². The first-order valence-corrected chi connectivity index (χ1v) is 4.02. The van der Waals surface area contributed by atoms with Crippen molar-refractivity contribution in [1.82, 2.24) is 0 Å². The molecule has 1 aromatic carbocycles. The van der Waals surface area contributed by atoms with Crippen LogP contribution in [0.1, 0.15) is 25.3 Å². The Bertz CT molecular complexity index is 201. The van der Waals surface area contributed by atoms with Gasteiger partial charge in [0.2, 0.25) is 0 Å². The van der Waals surface area contributed by atoms with Gasteiger partial charge in [0, 0.05) is 0 Å². The molecule has 0 aliphatic rings. The maximum atomic E-state index is 8.95. The lowest BCUT2D eigenvalue weighted by Crippen LogP contribution is -1.82. The van der Waals surface area contributed by atoms with Crippen molar-refractivity contribution in [1.29, 1.82) is 0 Å². The summed E-state index contributed by atoms with van der Waals surface area (Å²) < 4.78 is 0. The van der Waals surface area contributed by atoms with Crippen LogP contribution in [0.4, 0.5) is 0 Å². The first kappa shape index (κ1) is 8.12. The van der Waals surface area contributed by atoms with E-state index in [1.807, 2.05) is 6.07 Å². The molecule has 0 unspecified atom stereocenters. The van der Waals surface area contributed by atoms with Gasteiger partial charge in [-0.25, -0.2) is 0 Å². The van der Waals surface area contributed by atoms with Gasteiger partial charge in [-0.2, -0.15) is 0 Å². The first-order valence-electron chi connectivity index (χ1n) is 4.02. The van der Waals surface area contributed by atoms with Crippen LogP contribution in [0.15, 0.2) is 18.2 Å². The number of hydrogen-bond donors (Lipinski definition) is 1. The summed E-state index contributed by atoms with van der Waals surface area (Å²) in [6, 6.07) is 8.27. The number of benzene rings is 1. The van der Waals surface area contributed by atoms with E-state index in [2.05, 4.69) is 13.0 Å². The quantitative estimate of drug-likeness (QED) is 0.700. The molecule has 1 radical (unpaired) electrons. The molecule has 0 aliphatic carbocycles. The lowest BCUT2D eigenvalue weighted by Gasteiger charge is -1.97. The maximum absolute atomic E-state index is 8.95. The van der Waals surface area contributed by atoms with E-state index < -0.39 is 0 Å². The molecule has 0 aromatic heterocycles. The van der Waals surface area contributed by atoms with Crippen molar-refractivity contribution in [3.8, 4) is 5.75 Å². The fraction of sp³-hybridized carbons (Fsp3) is 0.400. The third kappa shape index (κ3) is 2.62. The topological polar surface area (TPSA) is 20.2 Å². The molecule has 0 saturated heterocycles. The molecule has 11 heavy (non-hydrogen) atoms. The van der Waals surface area contributed by atoms with Crippen molar-refractivity contribution in [3.05, 3.63) is 29.8 Å².